The van der Waals surface area contributed by atoms with Crippen molar-refractivity contribution in [1.82, 2.24) is 0 Å². The minimum absolute atomic E-state index is 0.000341. The van der Waals surface area contributed by atoms with Gasteiger partial charge in [-0.1, -0.05) is 6.92 Å². The van der Waals surface area contributed by atoms with Gasteiger partial charge in [0.2, 0.25) is 15.9 Å². The Hall–Kier alpha value is -1.76. The van der Waals surface area contributed by atoms with E-state index >= 15 is 0 Å². The molecule has 1 N–H and O–H groups in total. The van der Waals surface area contributed by atoms with Crippen molar-refractivity contribution in [1.29, 1.82) is 0 Å². The van der Waals surface area contributed by atoms with Crippen LogP contribution in [0.15, 0.2) is 18.2 Å². The van der Waals surface area contributed by atoms with Crippen LogP contribution in [-0.2, 0) is 14.8 Å². The Bertz CT molecular complexity index is 713. The highest BCUT2D eigenvalue weighted by molar-refractivity contribution is 7.93. The molecule has 3 rings (SSSR count). The monoisotopic (exact) mass is 338 g/mol. The molecular formula is C16H22N2O4S. The number of rotatable bonds is 5. The van der Waals surface area contributed by atoms with Crippen LogP contribution in [0.2, 0.25) is 0 Å². The molecule has 1 heterocycles. The minimum atomic E-state index is -3.26. The molecule has 1 aliphatic carbocycles. The number of nitrogens with one attached hydrogen (secondary N) is 1. The molecule has 6 nitrogen and oxygen atoms in total. The van der Waals surface area contributed by atoms with Crippen LogP contribution >= 0.6 is 0 Å². The molecule has 1 aromatic carbocycles. The lowest BCUT2D eigenvalue weighted by Gasteiger charge is -2.20. The average molecular weight is 338 g/mol. The smallest absolute Gasteiger partial charge is 0.235 e. The second kappa shape index (κ2) is 6.03. The first-order chi connectivity index (χ1) is 10.9. The first-order valence-corrected chi connectivity index (χ1v) is 9.52. The summed E-state index contributed by atoms with van der Waals surface area (Å²) in [6.45, 7) is 2.40. The molecule has 1 saturated heterocycles. The van der Waals surface area contributed by atoms with Gasteiger partial charge in [-0.05, 0) is 37.3 Å². The van der Waals surface area contributed by atoms with E-state index in [1.807, 2.05) is 6.92 Å². The molecule has 0 spiro atoms. The van der Waals surface area contributed by atoms with Crippen molar-refractivity contribution >= 4 is 27.3 Å². The summed E-state index contributed by atoms with van der Waals surface area (Å²) in [4.78, 5) is 12.2. The van der Waals surface area contributed by atoms with Crippen molar-refractivity contribution in [2.75, 3.05) is 29.0 Å². The predicted octanol–water partition coefficient (Wildman–Crippen LogP) is 2.22. The quantitative estimate of drug-likeness (QED) is 0.893. The van der Waals surface area contributed by atoms with Gasteiger partial charge in [0.15, 0.2) is 0 Å². The summed E-state index contributed by atoms with van der Waals surface area (Å²) in [6.07, 6.45) is 2.84. The lowest BCUT2D eigenvalue weighted by atomic mass is 10.1. The number of anilines is 2. The molecule has 0 radical (unpaired) electrons. The van der Waals surface area contributed by atoms with Crippen molar-refractivity contribution < 1.29 is 17.9 Å². The molecule has 1 atom stereocenters. The molecule has 0 bridgehead atoms. The first kappa shape index (κ1) is 16.1. The zero-order chi connectivity index (χ0) is 16.6. The second-order valence-corrected chi connectivity index (χ2v) is 8.26. The molecular weight excluding hydrogens is 316 g/mol. The van der Waals surface area contributed by atoms with Crippen LogP contribution in [0.4, 0.5) is 11.4 Å². The summed E-state index contributed by atoms with van der Waals surface area (Å²) < 4.78 is 30.8. The summed E-state index contributed by atoms with van der Waals surface area (Å²) in [5.41, 5.74) is 1.15. The van der Waals surface area contributed by atoms with Gasteiger partial charge in [-0.15, -0.1) is 0 Å². The number of methoxy groups -OCH3 is 1. The molecule has 1 aliphatic heterocycles. The minimum Gasteiger partial charge on any atom is -0.494 e. The van der Waals surface area contributed by atoms with Crippen molar-refractivity contribution in [2.45, 2.75) is 26.2 Å². The molecule has 2 aliphatic rings. The molecule has 7 heteroatoms. The number of benzene rings is 1. The summed E-state index contributed by atoms with van der Waals surface area (Å²) in [5.74, 6) is 1.10. The Morgan fingerprint density at radius 2 is 2.13 bits per heavy atom. The van der Waals surface area contributed by atoms with Crippen molar-refractivity contribution in [3.8, 4) is 5.75 Å². The fourth-order valence-corrected chi connectivity index (χ4v) is 4.51. The number of sulfonamides is 1. The van der Waals surface area contributed by atoms with Crippen molar-refractivity contribution in [3.05, 3.63) is 18.2 Å². The topological polar surface area (TPSA) is 75.7 Å². The van der Waals surface area contributed by atoms with E-state index < -0.39 is 10.0 Å². The molecule has 1 saturated carbocycles. The van der Waals surface area contributed by atoms with Crippen LogP contribution in [0.25, 0.3) is 0 Å². The largest absolute Gasteiger partial charge is 0.494 e. The van der Waals surface area contributed by atoms with E-state index in [1.165, 1.54) is 11.4 Å². The number of hydrogen-bond acceptors (Lipinski definition) is 4. The maximum atomic E-state index is 12.2. The van der Waals surface area contributed by atoms with E-state index in [2.05, 4.69) is 5.32 Å². The maximum Gasteiger partial charge on any atom is 0.235 e. The summed E-state index contributed by atoms with van der Waals surface area (Å²) in [7, 11) is -1.76. The lowest BCUT2D eigenvalue weighted by Crippen LogP contribution is -2.26. The van der Waals surface area contributed by atoms with E-state index in [0.29, 0.717) is 36.0 Å². The van der Waals surface area contributed by atoms with E-state index in [-0.39, 0.29) is 17.6 Å². The Labute approximate surface area is 136 Å². The van der Waals surface area contributed by atoms with Crippen LogP contribution in [0, 0.1) is 11.8 Å². The number of carbonyl (C=O) groups excluding carboxylic acids is 1. The fraction of sp³-hybridized carbons (Fsp3) is 0.562. The Morgan fingerprint density at radius 1 is 1.39 bits per heavy atom. The van der Waals surface area contributed by atoms with Gasteiger partial charge in [0.25, 0.3) is 0 Å². The second-order valence-electron chi connectivity index (χ2n) is 6.24. The van der Waals surface area contributed by atoms with Gasteiger partial charge in [-0.25, -0.2) is 8.42 Å². The third kappa shape index (κ3) is 3.29. The number of carbonyl (C=O) groups is 1. The zero-order valence-electron chi connectivity index (χ0n) is 13.4. The highest BCUT2D eigenvalue weighted by atomic mass is 32.2. The van der Waals surface area contributed by atoms with Gasteiger partial charge >= 0.3 is 0 Å². The average Bonchev–Trinajstić information content (AvgIpc) is 3.30. The van der Waals surface area contributed by atoms with Gasteiger partial charge < -0.3 is 10.1 Å². The predicted molar refractivity (Wildman–Crippen MR) is 89.3 cm³/mol. The molecule has 1 unspecified atom stereocenters. The molecule has 0 aromatic heterocycles. The molecule has 23 heavy (non-hydrogen) atoms. The summed E-state index contributed by atoms with van der Waals surface area (Å²) in [5, 5.41) is 2.89. The van der Waals surface area contributed by atoms with Crippen LogP contribution in [0.5, 0.6) is 5.75 Å². The van der Waals surface area contributed by atoms with E-state index in [0.717, 1.165) is 12.8 Å². The van der Waals surface area contributed by atoms with Crippen molar-refractivity contribution in [2.24, 2.45) is 11.8 Å². The normalized spacial score (nSPS) is 21.0. The molecule has 2 fully saturated rings. The Kier molecular flexibility index (Phi) is 4.23. The Balaban J connectivity index is 1.81. The van der Waals surface area contributed by atoms with Crippen LogP contribution in [-0.4, -0.2) is 33.7 Å². The first-order valence-electron chi connectivity index (χ1n) is 7.91. The number of ether oxygens (including phenoxy) is 1. The van der Waals surface area contributed by atoms with Crippen LogP contribution in [0.3, 0.4) is 0 Å². The highest BCUT2D eigenvalue weighted by Gasteiger charge is 2.33. The lowest BCUT2D eigenvalue weighted by molar-refractivity contribution is -0.119. The molecule has 1 aromatic rings. The van der Waals surface area contributed by atoms with E-state index in [9.17, 15) is 13.2 Å². The third-order valence-electron chi connectivity index (χ3n) is 4.56. The van der Waals surface area contributed by atoms with Gasteiger partial charge in [0.1, 0.15) is 5.75 Å². The number of amides is 1. The van der Waals surface area contributed by atoms with Gasteiger partial charge in [-0.3, -0.25) is 9.10 Å². The summed E-state index contributed by atoms with van der Waals surface area (Å²) >= 11 is 0. The SMILES string of the molecule is COc1cc(NC(=O)C(C)C2CC2)ccc1N1CCCS1(=O)=O. The zero-order valence-corrected chi connectivity index (χ0v) is 14.2. The standard InChI is InChI=1S/C16H22N2O4S/c1-11(12-4-5-12)16(19)17-13-6-7-14(15(10-13)22-2)18-8-3-9-23(18,20)21/h6-7,10-12H,3-5,8-9H2,1-2H3,(H,17,19). The molecule has 1 amide bonds. The third-order valence-corrected chi connectivity index (χ3v) is 6.41. The van der Waals surface area contributed by atoms with E-state index in [4.69, 9.17) is 4.74 Å². The van der Waals surface area contributed by atoms with Gasteiger partial charge in [0, 0.05) is 24.2 Å². The fourth-order valence-electron chi connectivity index (χ4n) is 2.94. The summed E-state index contributed by atoms with van der Waals surface area (Å²) in [6, 6.07) is 5.10. The molecule has 126 valence electrons. The Morgan fingerprint density at radius 3 is 2.70 bits per heavy atom. The van der Waals surface area contributed by atoms with Crippen LogP contribution in [0.1, 0.15) is 26.2 Å². The van der Waals surface area contributed by atoms with Crippen molar-refractivity contribution in [3.63, 3.8) is 0 Å². The number of nitrogens with zero attached hydrogens (tertiary/aromatic N) is 1. The van der Waals surface area contributed by atoms with Gasteiger partial charge in [0.05, 0.1) is 18.6 Å². The highest BCUT2D eigenvalue weighted by Crippen LogP contribution is 2.38. The number of hydrogen-bond donors (Lipinski definition) is 1. The van der Waals surface area contributed by atoms with E-state index in [1.54, 1.807) is 18.2 Å². The van der Waals surface area contributed by atoms with Gasteiger partial charge in [-0.2, -0.15) is 0 Å². The van der Waals surface area contributed by atoms with Crippen LogP contribution < -0.4 is 14.4 Å². The maximum absolute atomic E-state index is 12.2.